The van der Waals surface area contributed by atoms with Crippen LogP contribution >= 0.6 is 15.9 Å². The zero-order chi connectivity index (χ0) is 17.1. The van der Waals surface area contributed by atoms with Gasteiger partial charge in [0, 0.05) is 30.5 Å². The summed E-state index contributed by atoms with van der Waals surface area (Å²) in [5.41, 5.74) is 2.01. The van der Waals surface area contributed by atoms with E-state index in [1.807, 2.05) is 18.2 Å². The van der Waals surface area contributed by atoms with E-state index in [1.54, 1.807) is 0 Å². The van der Waals surface area contributed by atoms with Gasteiger partial charge in [-0.1, -0.05) is 28.1 Å². The Morgan fingerprint density at radius 2 is 2.17 bits per heavy atom. The van der Waals surface area contributed by atoms with Crippen molar-refractivity contribution < 1.29 is 19.4 Å². The van der Waals surface area contributed by atoms with Crippen LogP contribution in [0.5, 0.6) is 0 Å². The minimum absolute atomic E-state index is 0.0952. The molecule has 0 aromatic heterocycles. The lowest BCUT2D eigenvalue weighted by Crippen LogP contribution is -2.48. The molecule has 0 aliphatic carbocycles. The number of amides is 1. The van der Waals surface area contributed by atoms with E-state index < -0.39 is 12.0 Å². The van der Waals surface area contributed by atoms with Gasteiger partial charge in [-0.05, 0) is 42.9 Å². The highest BCUT2D eigenvalue weighted by Crippen LogP contribution is 2.30. The second-order valence-electron chi connectivity index (χ2n) is 6.48. The van der Waals surface area contributed by atoms with E-state index in [4.69, 9.17) is 4.74 Å². The highest BCUT2D eigenvalue weighted by atomic mass is 79.9. The summed E-state index contributed by atoms with van der Waals surface area (Å²) in [6, 6.07) is 5.00. The van der Waals surface area contributed by atoms with Gasteiger partial charge in [0.25, 0.3) is 0 Å². The van der Waals surface area contributed by atoms with Crippen molar-refractivity contribution in [2.24, 2.45) is 0 Å². The summed E-state index contributed by atoms with van der Waals surface area (Å²) in [6.07, 6.45) is 4.72. The van der Waals surface area contributed by atoms with Crippen LogP contribution in [0.1, 0.15) is 43.2 Å². The summed E-state index contributed by atoms with van der Waals surface area (Å²) in [5, 5.41) is 9.56. The third-order valence-corrected chi connectivity index (χ3v) is 5.63. The number of carbonyl (C=O) groups excluding carboxylic acids is 1. The number of benzene rings is 1. The average molecular weight is 396 g/mol. The minimum Gasteiger partial charge on any atom is -0.480 e. The lowest BCUT2D eigenvalue weighted by Gasteiger charge is -2.35. The van der Waals surface area contributed by atoms with Gasteiger partial charge < -0.3 is 14.7 Å². The molecule has 2 aliphatic rings. The number of nitrogens with zero attached hydrogens (tertiary/aromatic N) is 1. The fourth-order valence-corrected chi connectivity index (χ4v) is 4.09. The third-order valence-electron chi connectivity index (χ3n) is 4.89. The van der Waals surface area contributed by atoms with Gasteiger partial charge in [-0.2, -0.15) is 0 Å². The maximum absolute atomic E-state index is 12.6. The standard InChI is InChI=1S/C18H22BrNO4/c19-15-6-3-4-12-11-20(16(18(22)23)10-14(12)15)17(21)8-7-13-5-1-2-9-24-13/h3-4,6,13,16H,1-2,5,7-11H2,(H,22,23). The van der Waals surface area contributed by atoms with Crippen molar-refractivity contribution in [2.45, 2.75) is 57.2 Å². The first-order valence-corrected chi connectivity index (χ1v) is 9.25. The number of ether oxygens (including phenoxy) is 1. The number of carbonyl (C=O) groups is 2. The van der Waals surface area contributed by atoms with Gasteiger partial charge >= 0.3 is 5.97 Å². The van der Waals surface area contributed by atoms with Crippen molar-refractivity contribution in [1.82, 2.24) is 4.90 Å². The maximum Gasteiger partial charge on any atom is 0.326 e. The van der Waals surface area contributed by atoms with Crippen LogP contribution in [-0.4, -0.2) is 40.6 Å². The molecule has 3 rings (SSSR count). The number of rotatable bonds is 4. The average Bonchev–Trinajstić information content (AvgIpc) is 2.60. The van der Waals surface area contributed by atoms with Crippen LogP contribution in [0.15, 0.2) is 22.7 Å². The number of aliphatic carboxylic acids is 1. The summed E-state index contributed by atoms with van der Waals surface area (Å²) < 4.78 is 6.58. The first-order valence-electron chi connectivity index (χ1n) is 8.46. The first kappa shape index (κ1) is 17.4. The minimum atomic E-state index is -0.946. The summed E-state index contributed by atoms with van der Waals surface area (Å²) in [7, 11) is 0. The zero-order valence-electron chi connectivity index (χ0n) is 13.5. The SMILES string of the molecule is O=C(O)C1Cc2c(Br)cccc2CN1C(=O)CCC1CCCCO1. The molecule has 2 atom stereocenters. The molecule has 1 aromatic carbocycles. The fraction of sp³-hybridized carbons (Fsp3) is 0.556. The van der Waals surface area contributed by atoms with Gasteiger partial charge in [0.05, 0.1) is 6.10 Å². The Balaban J connectivity index is 1.70. The van der Waals surface area contributed by atoms with Crippen LogP contribution in [0.4, 0.5) is 0 Å². The predicted molar refractivity (Wildman–Crippen MR) is 92.6 cm³/mol. The Bertz CT molecular complexity index is 627. The molecule has 1 N–H and O–H groups in total. The van der Waals surface area contributed by atoms with Crippen molar-refractivity contribution >= 4 is 27.8 Å². The van der Waals surface area contributed by atoms with Crippen molar-refractivity contribution in [3.63, 3.8) is 0 Å². The molecule has 1 saturated heterocycles. The summed E-state index contributed by atoms with van der Waals surface area (Å²) in [5.74, 6) is -1.04. The van der Waals surface area contributed by atoms with E-state index in [2.05, 4.69) is 15.9 Å². The summed E-state index contributed by atoms with van der Waals surface area (Å²) >= 11 is 3.49. The fourth-order valence-electron chi connectivity index (χ4n) is 3.52. The van der Waals surface area contributed by atoms with E-state index in [-0.39, 0.29) is 12.0 Å². The highest BCUT2D eigenvalue weighted by molar-refractivity contribution is 9.10. The molecule has 5 nitrogen and oxygen atoms in total. The second kappa shape index (κ2) is 7.66. The van der Waals surface area contributed by atoms with Crippen molar-refractivity contribution in [3.8, 4) is 0 Å². The normalized spacial score (nSPS) is 23.6. The molecule has 0 bridgehead atoms. The third kappa shape index (κ3) is 3.81. The van der Waals surface area contributed by atoms with Gasteiger partial charge in [-0.3, -0.25) is 4.79 Å². The number of carboxylic acids is 1. The van der Waals surface area contributed by atoms with Crippen molar-refractivity contribution in [2.75, 3.05) is 6.61 Å². The van der Waals surface area contributed by atoms with Gasteiger partial charge in [0.2, 0.25) is 5.91 Å². The van der Waals surface area contributed by atoms with Gasteiger partial charge in [-0.25, -0.2) is 4.79 Å². The Kier molecular flexibility index (Phi) is 5.56. The molecule has 130 valence electrons. The van der Waals surface area contributed by atoms with Crippen molar-refractivity contribution in [1.29, 1.82) is 0 Å². The van der Waals surface area contributed by atoms with Crippen LogP contribution in [0, 0.1) is 0 Å². The molecule has 2 aliphatic heterocycles. The van der Waals surface area contributed by atoms with Crippen LogP contribution in [0.3, 0.4) is 0 Å². The lowest BCUT2D eigenvalue weighted by atomic mass is 9.93. The molecule has 0 radical (unpaired) electrons. The van der Waals surface area contributed by atoms with Gasteiger partial charge in [-0.15, -0.1) is 0 Å². The summed E-state index contributed by atoms with van der Waals surface area (Å²) in [4.78, 5) is 25.8. The van der Waals surface area contributed by atoms with Crippen LogP contribution in [0.2, 0.25) is 0 Å². The topological polar surface area (TPSA) is 66.8 Å². The summed E-state index contributed by atoms with van der Waals surface area (Å²) in [6.45, 7) is 1.12. The molecule has 0 saturated carbocycles. The number of halogens is 1. The number of carboxylic acid groups (broad SMARTS) is 1. The monoisotopic (exact) mass is 395 g/mol. The van der Waals surface area contributed by atoms with Crippen LogP contribution in [0.25, 0.3) is 0 Å². The molecule has 2 unspecified atom stereocenters. The molecule has 1 fully saturated rings. The van der Waals surface area contributed by atoms with E-state index in [1.165, 1.54) is 4.90 Å². The Morgan fingerprint density at radius 1 is 1.33 bits per heavy atom. The van der Waals surface area contributed by atoms with E-state index in [0.717, 1.165) is 41.5 Å². The lowest BCUT2D eigenvalue weighted by molar-refractivity contribution is -0.151. The Hall–Kier alpha value is -1.40. The quantitative estimate of drug-likeness (QED) is 0.849. The van der Waals surface area contributed by atoms with Crippen LogP contribution < -0.4 is 0 Å². The van der Waals surface area contributed by atoms with Crippen molar-refractivity contribution in [3.05, 3.63) is 33.8 Å². The molecule has 6 heteroatoms. The molecule has 24 heavy (non-hydrogen) atoms. The maximum atomic E-state index is 12.6. The van der Waals surface area contributed by atoms with E-state index in [0.29, 0.717) is 25.8 Å². The number of fused-ring (bicyclic) bond motifs is 1. The van der Waals surface area contributed by atoms with Gasteiger partial charge in [0.1, 0.15) is 6.04 Å². The molecule has 2 heterocycles. The van der Waals surface area contributed by atoms with E-state index >= 15 is 0 Å². The Labute approximate surface area is 150 Å². The molecular weight excluding hydrogens is 374 g/mol. The van der Waals surface area contributed by atoms with Crippen LogP contribution in [-0.2, 0) is 27.3 Å². The molecular formula is C18H22BrNO4. The molecule has 1 aromatic rings. The smallest absolute Gasteiger partial charge is 0.326 e. The largest absolute Gasteiger partial charge is 0.480 e. The number of hydrogen-bond donors (Lipinski definition) is 1. The molecule has 1 amide bonds. The van der Waals surface area contributed by atoms with Gasteiger partial charge in [0.15, 0.2) is 0 Å². The zero-order valence-corrected chi connectivity index (χ0v) is 15.1. The molecule has 0 spiro atoms. The predicted octanol–water partition coefficient (Wildman–Crippen LogP) is 3.14. The van der Waals surface area contributed by atoms with E-state index in [9.17, 15) is 14.7 Å². The highest BCUT2D eigenvalue weighted by Gasteiger charge is 2.35. The number of hydrogen-bond acceptors (Lipinski definition) is 3. The first-order chi connectivity index (χ1) is 11.6. The Morgan fingerprint density at radius 3 is 2.88 bits per heavy atom. The second-order valence-corrected chi connectivity index (χ2v) is 7.34.